The van der Waals surface area contributed by atoms with Gasteiger partial charge in [-0.2, -0.15) is 0 Å². The quantitative estimate of drug-likeness (QED) is 0.643. The molecule has 1 aromatic rings. The van der Waals surface area contributed by atoms with Gasteiger partial charge in [0.2, 0.25) is 5.91 Å². The molecule has 6 heteroatoms. The Morgan fingerprint density at radius 2 is 2.10 bits per heavy atom. The molecule has 0 aromatic heterocycles. The predicted molar refractivity (Wildman–Crippen MR) is 81.1 cm³/mol. The van der Waals surface area contributed by atoms with Gasteiger partial charge in [-0.15, -0.1) is 0 Å². The second kappa shape index (κ2) is 6.22. The number of nitrogens with zero attached hydrogens (tertiary/aromatic N) is 1. The molecule has 1 aliphatic rings. The lowest BCUT2D eigenvalue weighted by Gasteiger charge is -2.25. The van der Waals surface area contributed by atoms with Crippen LogP contribution in [0.4, 0.5) is 11.4 Å². The van der Waals surface area contributed by atoms with Crippen molar-refractivity contribution in [3.05, 3.63) is 33.9 Å². The third-order valence-electron chi connectivity index (χ3n) is 4.35. The molecule has 0 radical (unpaired) electrons. The summed E-state index contributed by atoms with van der Waals surface area (Å²) < 4.78 is 0. The fraction of sp³-hybridized carbons (Fsp3) is 0.533. The van der Waals surface area contributed by atoms with Crippen LogP contribution in [0.2, 0.25) is 0 Å². The van der Waals surface area contributed by atoms with Crippen LogP contribution in [0, 0.1) is 15.5 Å². The lowest BCUT2D eigenvalue weighted by Crippen LogP contribution is -2.40. The average Bonchev–Trinajstić information content (AvgIpc) is 2.97. The Bertz CT molecular complexity index is 551. The number of carbonyl (C=O) groups excluding carboxylic acids is 1. The molecule has 1 fully saturated rings. The largest absolute Gasteiger partial charge is 0.329 e. The smallest absolute Gasteiger partial charge is 0.274 e. The Hall–Kier alpha value is -1.95. The Kier molecular flexibility index (Phi) is 4.57. The summed E-state index contributed by atoms with van der Waals surface area (Å²) in [4.78, 5) is 23.1. The van der Waals surface area contributed by atoms with Gasteiger partial charge in [0.15, 0.2) is 0 Å². The second-order valence-electron chi connectivity index (χ2n) is 5.60. The van der Waals surface area contributed by atoms with E-state index in [9.17, 15) is 14.9 Å². The van der Waals surface area contributed by atoms with E-state index in [0.717, 1.165) is 25.7 Å². The van der Waals surface area contributed by atoms with Crippen LogP contribution in [-0.4, -0.2) is 17.4 Å². The van der Waals surface area contributed by atoms with E-state index >= 15 is 0 Å². The summed E-state index contributed by atoms with van der Waals surface area (Å²) in [6, 6.07) is 4.83. The van der Waals surface area contributed by atoms with Gasteiger partial charge in [0.05, 0.1) is 10.3 Å². The maximum atomic E-state index is 12.4. The lowest BCUT2D eigenvalue weighted by atomic mass is 9.85. The summed E-state index contributed by atoms with van der Waals surface area (Å²) in [5, 5.41) is 13.9. The number of hydrogen-bond acceptors (Lipinski definition) is 4. The van der Waals surface area contributed by atoms with Crippen LogP contribution in [0.25, 0.3) is 0 Å². The molecule has 0 aliphatic heterocycles. The maximum absolute atomic E-state index is 12.4. The molecule has 2 rings (SSSR count). The lowest BCUT2D eigenvalue weighted by molar-refractivity contribution is -0.385. The van der Waals surface area contributed by atoms with Crippen molar-refractivity contribution in [2.24, 2.45) is 11.1 Å². The highest BCUT2D eigenvalue weighted by atomic mass is 16.6. The van der Waals surface area contributed by atoms with Crippen LogP contribution < -0.4 is 11.1 Å². The monoisotopic (exact) mass is 291 g/mol. The summed E-state index contributed by atoms with van der Waals surface area (Å²) in [5.74, 6) is -0.124. The van der Waals surface area contributed by atoms with E-state index in [2.05, 4.69) is 5.32 Å². The topological polar surface area (TPSA) is 98.3 Å². The van der Waals surface area contributed by atoms with E-state index in [1.165, 1.54) is 6.07 Å². The number of rotatable bonds is 5. The van der Waals surface area contributed by atoms with E-state index in [-0.39, 0.29) is 11.6 Å². The Labute approximate surface area is 123 Å². The van der Waals surface area contributed by atoms with Crippen molar-refractivity contribution in [1.82, 2.24) is 0 Å². The summed E-state index contributed by atoms with van der Waals surface area (Å²) in [6.07, 6.45) is 4.14. The Balaban J connectivity index is 2.21. The maximum Gasteiger partial charge on any atom is 0.274 e. The van der Waals surface area contributed by atoms with Crippen LogP contribution >= 0.6 is 0 Å². The van der Waals surface area contributed by atoms with E-state index in [1.807, 2.05) is 6.92 Å². The number of carbonyl (C=O) groups is 1. The fourth-order valence-electron chi connectivity index (χ4n) is 2.95. The molecule has 0 atom stereocenters. The van der Waals surface area contributed by atoms with Gasteiger partial charge in [-0.25, -0.2) is 0 Å². The third kappa shape index (κ3) is 3.05. The van der Waals surface area contributed by atoms with E-state index in [1.54, 1.807) is 12.1 Å². The molecule has 0 saturated heterocycles. The standard InChI is InChI=1S/C15H21N3O3/c1-2-11-5-6-12(9-13(11)18(20)21)17-14(19)15(10-16)7-3-4-8-15/h5-6,9H,2-4,7-8,10,16H2,1H3,(H,17,19). The van der Waals surface area contributed by atoms with Crippen molar-refractivity contribution in [3.63, 3.8) is 0 Å². The van der Waals surface area contributed by atoms with Crippen molar-refractivity contribution in [1.29, 1.82) is 0 Å². The molecule has 0 spiro atoms. The minimum atomic E-state index is -0.516. The first-order valence-electron chi connectivity index (χ1n) is 7.31. The number of nitro groups is 1. The molecule has 0 bridgehead atoms. The molecular weight excluding hydrogens is 270 g/mol. The molecule has 0 unspecified atom stereocenters. The van der Waals surface area contributed by atoms with Crippen molar-refractivity contribution >= 4 is 17.3 Å². The highest BCUT2D eigenvalue weighted by Crippen LogP contribution is 2.38. The summed E-state index contributed by atoms with van der Waals surface area (Å²) in [6.45, 7) is 2.18. The Morgan fingerprint density at radius 3 is 2.62 bits per heavy atom. The minimum Gasteiger partial charge on any atom is -0.329 e. The Morgan fingerprint density at radius 1 is 1.43 bits per heavy atom. The molecule has 6 nitrogen and oxygen atoms in total. The van der Waals surface area contributed by atoms with Crippen LogP contribution in [0.3, 0.4) is 0 Å². The minimum absolute atomic E-state index is 0.0449. The van der Waals surface area contributed by atoms with Gasteiger partial charge in [-0.05, 0) is 25.3 Å². The zero-order valence-electron chi connectivity index (χ0n) is 12.2. The van der Waals surface area contributed by atoms with E-state index in [0.29, 0.717) is 24.2 Å². The van der Waals surface area contributed by atoms with Gasteiger partial charge in [0, 0.05) is 23.9 Å². The average molecular weight is 291 g/mol. The van der Waals surface area contributed by atoms with Gasteiger partial charge >= 0.3 is 0 Å². The molecule has 114 valence electrons. The fourth-order valence-corrected chi connectivity index (χ4v) is 2.95. The third-order valence-corrected chi connectivity index (χ3v) is 4.35. The van der Waals surface area contributed by atoms with Crippen LogP contribution in [0.1, 0.15) is 38.2 Å². The van der Waals surface area contributed by atoms with Gasteiger partial charge in [-0.1, -0.05) is 25.8 Å². The molecule has 1 saturated carbocycles. The number of anilines is 1. The van der Waals surface area contributed by atoms with Crippen molar-refractivity contribution in [2.45, 2.75) is 39.0 Å². The molecule has 21 heavy (non-hydrogen) atoms. The number of amides is 1. The van der Waals surface area contributed by atoms with Crippen LogP contribution in [0.5, 0.6) is 0 Å². The molecule has 1 aliphatic carbocycles. The van der Waals surface area contributed by atoms with Gasteiger partial charge in [0.25, 0.3) is 5.69 Å². The number of nitrogens with two attached hydrogens (primary N) is 1. The van der Waals surface area contributed by atoms with Crippen LogP contribution in [0.15, 0.2) is 18.2 Å². The summed E-state index contributed by atoms with van der Waals surface area (Å²) >= 11 is 0. The predicted octanol–water partition coefficient (Wildman–Crippen LogP) is 2.61. The number of benzene rings is 1. The number of hydrogen-bond donors (Lipinski definition) is 2. The van der Waals surface area contributed by atoms with Gasteiger partial charge in [0.1, 0.15) is 0 Å². The summed E-state index contributed by atoms with van der Waals surface area (Å²) in [7, 11) is 0. The zero-order chi connectivity index (χ0) is 15.5. The molecular formula is C15H21N3O3. The SMILES string of the molecule is CCc1ccc(NC(=O)C2(CN)CCCC2)cc1[N+](=O)[O-]. The summed E-state index contributed by atoms with van der Waals surface area (Å²) in [5.41, 5.74) is 6.43. The van der Waals surface area contributed by atoms with Crippen LogP contribution in [-0.2, 0) is 11.2 Å². The first-order valence-corrected chi connectivity index (χ1v) is 7.31. The highest BCUT2D eigenvalue weighted by Gasteiger charge is 2.39. The van der Waals surface area contributed by atoms with Gasteiger partial charge < -0.3 is 11.1 Å². The number of nitro benzene ring substituents is 1. The normalized spacial score (nSPS) is 16.7. The first kappa shape index (κ1) is 15.4. The molecule has 0 heterocycles. The highest BCUT2D eigenvalue weighted by molar-refractivity contribution is 5.96. The first-order chi connectivity index (χ1) is 10.0. The van der Waals surface area contributed by atoms with Crippen molar-refractivity contribution in [2.75, 3.05) is 11.9 Å². The zero-order valence-corrected chi connectivity index (χ0v) is 12.2. The molecule has 1 aromatic carbocycles. The molecule has 3 N–H and O–H groups in total. The van der Waals surface area contributed by atoms with Crippen molar-refractivity contribution in [3.8, 4) is 0 Å². The van der Waals surface area contributed by atoms with E-state index in [4.69, 9.17) is 5.73 Å². The molecule has 1 amide bonds. The van der Waals surface area contributed by atoms with Crippen molar-refractivity contribution < 1.29 is 9.72 Å². The van der Waals surface area contributed by atoms with E-state index < -0.39 is 10.3 Å². The van der Waals surface area contributed by atoms with Gasteiger partial charge in [-0.3, -0.25) is 14.9 Å². The number of nitrogens with one attached hydrogen (secondary N) is 1. The number of aryl methyl sites for hydroxylation is 1. The second-order valence-corrected chi connectivity index (χ2v) is 5.60.